The molecule has 0 bridgehead atoms. The third-order valence-corrected chi connectivity index (χ3v) is 6.31. The smallest absolute Gasteiger partial charge is 0.337 e. The predicted molar refractivity (Wildman–Crippen MR) is 144 cm³/mol. The number of hydrogen-bond acceptors (Lipinski definition) is 7. The summed E-state index contributed by atoms with van der Waals surface area (Å²) >= 11 is 0. The lowest BCUT2D eigenvalue weighted by atomic mass is 9.92. The molecule has 40 heavy (non-hydrogen) atoms. The van der Waals surface area contributed by atoms with Crippen LogP contribution in [0.4, 0.5) is 0 Å². The molecule has 1 heterocycles. The summed E-state index contributed by atoms with van der Waals surface area (Å²) in [6.45, 7) is 3.73. The van der Waals surface area contributed by atoms with Gasteiger partial charge in [-0.15, -0.1) is 0 Å². The molecule has 3 amide bonds. The van der Waals surface area contributed by atoms with Crippen molar-refractivity contribution in [2.45, 2.75) is 39.2 Å². The zero-order chi connectivity index (χ0) is 29.4. The quantitative estimate of drug-likeness (QED) is 0.129. The number of methoxy groups -OCH3 is 1. The number of fused-ring (bicyclic) bond motifs is 1. The number of hydroxylamine groups is 1. The minimum atomic E-state index is -1.32. The highest BCUT2D eigenvalue weighted by molar-refractivity contribution is 6.02. The molecule has 0 saturated carbocycles. The first-order chi connectivity index (χ1) is 19.0. The molecule has 2 aromatic carbocycles. The molecule has 12 nitrogen and oxygen atoms in total. The van der Waals surface area contributed by atoms with Crippen LogP contribution in [-0.2, 0) is 25.5 Å². The molecule has 0 spiro atoms. The van der Waals surface area contributed by atoms with E-state index in [2.05, 4.69) is 15.5 Å². The van der Waals surface area contributed by atoms with Gasteiger partial charge in [0.25, 0.3) is 5.91 Å². The molecule has 5 N–H and O–H groups in total. The van der Waals surface area contributed by atoms with Gasteiger partial charge in [-0.25, -0.2) is 15.1 Å². The highest BCUT2D eigenvalue weighted by Gasteiger charge is 2.29. The van der Waals surface area contributed by atoms with Crippen molar-refractivity contribution in [1.82, 2.24) is 15.5 Å². The van der Waals surface area contributed by atoms with Crippen LogP contribution in [0, 0.1) is 11.8 Å². The number of nitrogens with zero attached hydrogens (tertiary/aromatic N) is 1. The van der Waals surface area contributed by atoms with Crippen LogP contribution in [0.25, 0.3) is 10.9 Å². The summed E-state index contributed by atoms with van der Waals surface area (Å²) in [6.07, 6.45) is 1.51. The Labute approximate surface area is 230 Å². The van der Waals surface area contributed by atoms with Gasteiger partial charge in [0.2, 0.25) is 11.8 Å². The lowest BCUT2D eigenvalue weighted by Gasteiger charge is -2.21. The van der Waals surface area contributed by atoms with Gasteiger partial charge in [-0.3, -0.25) is 29.7 Å². The van der Waals surface area contributed by atoms with Crippen molar-refractivity contribution in [3.05, 3.63) is 71.4 Å². The number of carbonyl (C=O) groups is 5. The number of carbonyl (C=O) groups excluding carboxylic acids is 4. The van der Waals surface area contributed by atoms with Gasteiger partial charge < -0.3 is 15.2 Å². The van der Waals surface area contributed by atoms with Crippen LogP contribution in [-0.4, -0.2) is 57.8 Å². The number of carboxylic acids is 1. The number of nitrogens with one attached hydrogen (secondary N) is 3. The maximum atomic E-state index is 13.0. The van der Waals surface area contributed by atoms with Gasteiger partial charge in [0.15, 0.2) is 0 Å². The first-order valence-electron chi connectivity index (χ1n) is 12.6. The number of esters is 1. The second-order valence-corrected chi connectivity index (χ2v) is 9.72. The normalized spacial score (nSPS) is 12.4. The molecule has 212 valence electrons. The predicted octanol–water partition coefficient (Wildman–Crippen LogP) is 2.48. The Balaban J connectivity index is 1.83. The van der Waals surface area contributed by atoms with Crippen molar-refractivity contribution >= 4 is 40.6 Å². The zero-order valence-electron chi connectivity index (χ0n) is 22.3. The minimum Gasteiger partial charge on any atom is -0.480 e. The Morgan fingerprint density at radius 2 is 1.62 bits per heavy atom. The summed E-state index contributed by atoms with van der Waals surface area (Å²) < 4.78 is 6.14. The molecule has 0 aliphatic heterocycles. The maximum absolute atomic E-state index is 13.0. The number of benzene rings is 2. The van der Waals surface area contributed by atoms with Crippen LogP contribution in [0.1, 0.15) is 53.0 Å². The van der Waals surface area contributed by atoms with E-state index >= 15 is 0 Å². The summed E-state index contributed by atoms with van der Waals surface area (Å²) in [4.78, 5) is 61.4. The van der Waals surface area contributed by atoms with Crippen LogP contribution < -0.4 is 16.2 Å². The zero-order valence-corrected chi connectivity index (χ0v) is 22.3. The van der Waals surface area contributed by atoms with Gasteiger partial charge in [-0.2, -0.15) is 0 Å². The van der Waals surface area contributed by atoms with E-state index in [1.807, 2.05) is 13.8 Å². The molecular formula is C28H32N4O8. The number of para-hydroxylation sites is 1. The van der Waals surface area contributed by atoms with Gasteiger partial charge in [-0.05, 0) is 48.2 Å². The van der Waals surface area contributed by atoms with Crippen molar-refractivity contribution in [2.24, 2.45) is 11.8 Å². The average Bonchev–Trinajstić information content (AvgIpc) is 3.28. The van der Waals surface area contributed by atoms with Gasteiger partial charge in [0.1, 0.15) is 6.04 Å². The third kappa shape index (κ3) is 7.44. The first-order valence-corrected chi connectivity index (χ1v) is 12.6. The Morgan fingerprint density at radius 3 is 2.23 bits per heavy atom. The molecule has 0 radical (unpaired) electrons. The molecule has 0 aliphatic carbocycles. The molecule has 12 heteroatoms. The molecule has 0 saturated heterocycles. The van der Waals surface area contributed by atoms with Crippen molar-refractivity contribution in [1.29, 1.82) is 0 Å². The Morgan fingerprint density at radius 1 is 0.975 bits per heavy atom. The average molecular weight is 553 g/mol. The van der Waals surface area contributed by atoms with E-state index in [-0.39, 0.29) is 24.3 Å². The largest absolute Gasteiger partial charge is 0.480 e. The maximum Gasteiger partial charge on any atom is 0.337 e. The Hall–Kier alpha value is -4.71. The molecule has 1 aromatic heterocycles. The lowest BCUT2D eigenvalue weighted by Crippen LogP contribution is -2.46. The SMILES string of the molecule is COC(=O)c1ccc(C(=O)Nn2cc(C[C@H](NC(=O)C(CC(=O)NO)CC(C)C)C(=O)O)c3ccccc32)cc1. The fourth-order valence-corrected chi connectivity index (χ4v) is 4.39. The lowest BCUT2D eigenvalue weighted by molar-refractivity contribution is -0.143. The fourth-order valence-electron chi connectivity index (χ4n) is 4.39. The molecule has 0 fully saturated rings. The van der Waals surface area contributed by atoms with E-state index in [9.17, 15) is 29.1 Å². The molecular weight excluding hydrogens is 520 g/mol. The van der Waals surface area contributed by atoms with Crippen LogP contribution in [0.3, 0.4) is 0 Å². The molecule has 3 rings (SSSR count). The number of rotatable bonds is 12. The number of aromatic nitrogens is 1. The first kappa shape index (κ1) is 29.8. The number of aliphatic carboxylic acids is 1. The minimum absolute atomic E-state index is 0.0452. The Kier molecular flexibility index (Phi) is 9.98. The fraction of sp³-hybridized carbons (Fsp3) is 0.321. The van der Waals surface area contributed by atoms with Gasteiger partial charge in [0.05, 0.1) is 18.2 Å². The number of ether oxygens (including phenoxy) is 1. The Bertz CT molecular complexity index is 1400. The topological polar surface area (TPSA) is 176 Å². The van der Waals surface area contributed by atoms with E-state index < -0.39 is 41.6 Å². The summed E-state index contributed by atoms with van der Waals surface area (Å²) in [7, 11) is 1.26. The van der Waals surface area contributed by atoms with E-state index in [0.29, 0.717) is 28.5 Å². The van der Waals surface area contributed by atoms with Crippen LogP contribution in [0.15, 0.2) is 54.7 Å². The number of carboxylic acid groups (broad SMARTS) is 1. The van der Waals surface area contributed by atoms with Crippen molar-refractivity contribution < 1.29 is 39.0 Å². The molecule has 0 aliphatic rings. The second kappa shape index (κ2) is 13.4. The third-order valence-electron chi connectivity index (χ3n) is 6.31. The van der Waals surface area contributed by atoms with E-state index in [0.717, 1.165) is 0 Å². The van der Waals surface area contributed by atoms with E-state index in [4.69, 9.17) is 5.21 Å². The van der Waals surface area contributed by atoms with E-state index in [1.165, 1.54) is 41.5 Å². The molecule has 1 unspecified atom stereocenters. The standard InChI is InChI=1S/C28H32N4O8/c1-16(2)12-19(14-24(33)31-39)25(34)29-22(27(36)37)13-20-15-32(23-7-5-4-6-21(20)23)30-26(35)17-8-10-18(11-9-17)28(38)40-3/h4-11,15-16,19,22,39H,12-14H2,1-3H3,(H,29,34)(H,30,35)(H,31,33)(H,36,37)/t19?,22-/m0/s1. The van der Waals surface area contributed by atoms with Crippen molar-refractivity contribution in [3.8, 4) is 0 Å². The van der Waals surface area contributed by atoms with Crippen molar-refractivity contribution in [3.63, 3.8) is 0 Å². The summed E-state index contributed by atoms with van der Waals surface area (Å²) in [5.74, 6) is -4.41. The van der Waals surface area contributed by atoms with Gasteiger partial charge in [0, 0.05) is 35.9 Å². The second-order valence-electron chi connectivity index (χ2n) is 9.72. The van der Waals surface area contributed by atoms with E-state index in [1.54, 1.807) is 30.5 Å². The van der Waals surface area contributed by atoms with Gasteiger partial charge in [-0.1, -0.05) is 32.0 Å². The molecule has 2 atom stereocenters. The highest BCUT2D eigenvalue weighted by Crippen LogP contribution is 2.23. The van der Waals surface area contributed by atoms with Crippen LogP contribution >= 0.6 is 0 Å². The number of amides is 3. The molecule has 3 aromatic rings. The summed E-state index contributed by atoms with van der Waals surface area (Å²) in [6, 6.07) is 11.6. The van der Waals surface area contributed by atoms with Crippen LogP contribution in [0.5, 0.6) is 0 Å². The number of hydrogen-bond donors (Lipinski definition) is 5. The van der Waals surface area contributed by atoms with Crippen molar-refractivity contribution in [2.75, 3.05) is 12.5 Å². The highest BCUT2D eigenvalue weighted by atomic mass is 16.5. The monoisotopic (exact) mass is 552 g/mol. The summed E-state index contributed by atoms with van der Waals surface area (Å²) in [5.41, 5.74) is 5.99. The summed E-state index contributed by atoms with van der Waals surface area (Å²) in [5, 5.41) is 21.9. The van der Waals surface area contributed by atoms with Gasteiger partial charge >= 0.3 is 11.9 Å². The van der Waals surface area contributed by atoms with Crippen LogP contribution in [0.2, 0.25) is 0 Å².